The first-order valence-corrected chi connectivity index (χ1v) is 12.2. The van der Waals surface area contributed by atoms with Gasteiger partial charge in [0.2, 0.25) is 0 Å². The molecular formula is C18H11N5O2S4. The molecular weight excluding hydrogens is 446 g/mol. The summed E-state index contributed by atoms with van der Waals surface area (Å²) in [5.41, 5.74) is 2.04. The molecule has 0 aliphatic heterocycles. The van der Waals surface area contributed by atoms with E-state index in [0.29, 0.717) is 5.69 Å². The number of fused-ring (bicyclic) bond motifs is 1. The van der Waals surface area contributed by atoms with Crippen molar-refractivity contribution < 1.29 is 8.42 Å². The van der Waals surface area contributed by atoms with E-state index < -0.39 is 10.0 Å². The molecule has 0 spiro atoms. The lowest BCUT2D eigenvalue weighted by Gasteiger charge is -2.10. The van der Waals surface area contributed by atoms with Gasteiger partial charge in [-0.15, -0.1) is 27.8 Å². The van der Waals surface area contributed by atoms with E-state index in [1.165, 1.54) is 34.2 Å². The molecule has 1 N–H and O–H groups in total. The van der Waals surface area contributed by atoms with Crippen LogP contribution in [-0.4, -0.2) is 28.0 Å². The number of rotatable bonds is 5. The Kier molecular flexibility index (Phi) is 4.59. The van der Waals surface area contributed by atoms with Crippen LogP contribution >= 0.6 is 34.2 Å². The van der Waals surface area contributed by atoms with E-state index in [-0.39, 0.29) is 4.21 Å². The highest BCUT2D eigenvalue weighted by Gasteiger charge is 2.20. The molecule has 0 bridgehead atoms. The van der Waals surface area contributed by atoms with E-state index in [2.05, 4.69) is 24.3 Å². The van der Waals surface area contributed by atoms with Crippen molar-refractivity contribution in [3.63, 3.8) is 0 Å². The number of aromatic nitrogens is 4. The third-order valence-corrected chi connectivity index (χ3v) is 8.89. The number of thiazole rings is 1. The maximum absolute atomic E-state index is 13.0. The van der Waals surface area contributed by atoms with E-state index >= 15 is 0 Å². The topological polar surface area (TPSA) is 97.7 Å². The van der Waals surface area contributed by atoms with Crippen LogP contribution in [0.25, 0.3) is 30.5 Å². The van der Waals surface area contributed by atoms with Gasteiger partial charge in [0.15, 0.2) is 0 Å². The molecule has 0 unspecified atom stereocenters. The number of para-hydroxylation sites is 1. The van der Waals surface area contributed by atoms with Crippen molar-refractivity contribution in [2.75, 3.05) is 4.72 Å². The van der Waals surface area contributed by atoms with Crippen LogP contribution in [0.3, 0.4) is 0 Å². The molecule has 1 aromatic carbocycles. The summed E-state index contributed by atoms with van der Waals surface area (Å²) in [4.78, 5) is 10.4. The zero-order valence-corrected chi connectivity index (χ0v) is 17.8. The van der Waals surface area contributed by atoms with Crippen LogP contribution in [0.4, 0.5) is 5.69 Å². The number of hydrogen-bond acceptors (Lipinski definition) is 9. The third-order valence-electron chi connectivity index (χ3n) is 4.04. The van der Waals surface area contributed by atoms with Crippen molar-refractivity contribution in [1.82, 2.24) is 19.6 Å². The van der Waals surface area contributed by atoms with Gasteiger partial charge < -0.3 is 0 Å². The van der Waals surface area contributed by atoms with Crippen molar-refractivity contribution in [2.24, 2.45) is 0 Å². The van der Waals surface area contributed by atoms with Gasteiger partial charge in [-0.3, -0.25) is 9.71 Å². The first-order valence-electron chi connectivity index (χ1n) is 8.30. The van der Waals surface area contributed by atoms with Crippen LogP contribution < -0.4 is 4.72 Å². The van der Waals surface area contributed by atoms with Gasteiger partial charge >= 0.3 is 0 Å². The summed E-state index contributed by atoms with van der Waals surface area (Å²) in [7, 11) is -3.75. The molecule has 144 valence electrons. The highest BCUT2D eigenvalue weighted by Crippen LogP contribution is 2.37. The summed E-state index contributed by atoms with van der Waals surface area (Å²) in [5.74, 6) is 0. The van der Waals surface area contributed by atoms with Crippen molar-refractivity contribution in [2.45, 2.75) is 4.21 Å². The lowest BCUT2D eigenvalue weighted by molar-refractivity contribution is 0.603. The Hall–Kier alpha value is -2.73. The van der Waals surface area contributed by atoms with E-state index in [0.717, 1.165) is 30.5 Å². The molecule has 0 radical (unpaired) electrons. The number of thiophene rings is 1. The number of anilines is 1. The molecule has 4 aromatic heterocycles. The maximum Gasteiger partial charge on any atom is 0.271 e. The minimum absolute atomic E-state index is 0.226. The van der Waals surface area contributed by atoms with Crippen molar-refractivity contribution >= 4 is 60.1 Å². The normalized spacial score (nSPS) is 11.7. The second kappa shape index (κ2) is 7.26. The lowest BCUT2D eigenvalue weighted by Crippen LogP contribution is -2.12. The van der Waals surface area contributed by atoms with Gasteiger partial charge in [0, 0.05) is 22.8 Å². The standard InChI is InChI=1S/C18H11N5O2S4/c24-29(25,17-6-5-14(26-17)16-10-20-23-28-16)22-12-4-2-1-3-11(12)18-21-13-7-8-19-9-15(13)27-18/h1-10,22H. The highest BCUT2D eigenvalue weighted by molar-refractivity contribution is 7.94. The lowest BCUT2D eigenvalue weighted by atomic mass is 10.2. The van der Waals surface area contributed by atoms with E-state index in [1.807, 2.05) is 18.2 Å². The van der Waals surface area contributed by atoms with Gasteiger partial charge in [-0.05, 0) is 41.9 Å². The van der Waals surface area contributed by atoms with Crippen LogP contribution in [0, 0.1) is 0 Å². The summed E-state index contributed by atoms with van der Waals surface area (Å²) in [6.45, 7) is 0. The smallest absolute Gasteiger partial charge is 0.271 e. The molecule has 0 aliphatic carbocycles. The van der Waals surface area contributed by atoms with Crippen LogP contribution in [0.1, 0.15) is 0 Å². The SMILES string of the molecule is O=S(=O)(Nc1ccccc1-c1nc2ccncc2s1)c1ccc(-c2cnns2)s1. The number of benzene rings is 1. The van der Waals surface area contributed by atoms with Gasteiger partial charge in [-0.1, -0.05) is 16.6 Å². The monoisotopic (exact) mass is 457 g/mol. The zero-order valence-electron chi connectivity index (χ0n) is 14.5. The van der Waals surface area contributed by atoms with Crippen molar-refractivity contribution in [3.8, 4) is 20.3 Å². The first kappa shape index (κ1) is 18.3. The fraction of sp³-hybridized carbons (Fsp3) is 0. The van der Waals surface area contributed by atoms with Gasteiger partial charge in [0.1, 0.15) is 9.22 Å². The number of nitrogens with one attached hydrogen (secondary N) is 1. The second-order valence-electron chi connectivity index (χ2n) is 5.91. The van der Waals surface area contributed by atoms with Gasteiger partial charge in [0.05, 0.1) is 27.0 Å². The molecule has 0 aliphatic rings. The predicted molar refractivity (Wildman–Crippen MR) is 117 cm³/mol. The number of sulfonamides is 1. The minimum atomic E-state index is -3.75. The molecule has 11 heteroatoms. The van der Waals surface area contributed by atoms with Gasteiger partial charge in [-0.25, -0.2) is 13.4 Å². The fourth-order valence-electron chi connectivity index (χ4n) is 2.72. The molecule has 5 rings (SSSR count). The summed E-state index contributed by atoms with van der Waals surface area (Å²) >= 11 is 3.88. The highest BCUT2D eigenvalue weighted by atomic mass is 32.2. The Balaban J connectivity index is 1.50. The van der Waals surface area contributed by atoms with E-state index in [4.69, 9.17) is 0 Å². The fourth-order valence-corrected chi connectivity index (χ4v) is 6.66. The summed E-state index contributed by atoms with van der Waals surface area (Å²) in [6.07, 6.45) is 5.07. The predicted octanol–water partition coefficient (Wildman–Crippen LogP) is 4.74. The van der Waals surface area contributed by atoms with Crippen LogP contribution in [0.15, 0.2) is 65.3 Å². The Morgan fingerprint density at radius 2 is 1.83 bits per heavy atom. The van der Waals surface area contributed by atoms with Crippen LogP contribution in [0.2, 0.25) is 0 Å². The van der Waals surface area contributed by atoms with Gasteiger partial charge in [-0.2, -0.15) is 0 Å². The van der Waals surface area contributed by atoms with Crippen molar-refractivity contribution in [1.29, 1.82) is 0 Å². The molecule has 0 fully saturated rings. The van der Waals surface area contributed by atoms with Crippen molar-refractivity contribution in [3.05, 3.63) is 61.1 Å². The number of pyridine rings is 1. The largest absolute Gasteiger partial charge is 0.278 e. The Morgan fingerprint density at radius 3 is 2.66 bits per heavy atom. The molecule has 29 heavy (non-hydrogen) atoms. The molecule has 0 saturated heterocycles. The Bertz CT molecular complexity index is 1370. The van der Waals surface area contributed by atoms with E-state index in [1.54, 1.807) is 42.9 Å². The summed E-state index contributed by atoms with van der Waals surface area (Å²) in [6, 6.07) is 12.4. The van der Waals surface area contributed by atoms with Crippen LogP contribution in [-0.2, 0) is 10.0 Å². The number of nitrogens with zero attached hydrogens (tertiary/aromatic N) is 4. The third kappa shape index (κ3) is 3.53. The molecule has 5 aromatic rings. The first-order chi connectivity index (χ1) is 14.1. The minimum Gasteiger partial charge on any atom is -0.278 e. The maximum atomic E-state index is 13.0. The average Bonchev–Trinajstić information content (AvgIpc) is 3.47. The molecule has 4 heterocycles. The van der Waals surface area contributed by atoms with Crippen LogP contribution in [0.5, 0.6) is 0 Å². The Labute approximate surface area is 178 Å². The van der Waals surface area contributed by atoms with Gasteiger partial charge in [0.25, 0.3) is 10.0 Å². The number of hydrogen-bond donors (Lipinski definition) is 1. The summed E-state index contributed by atoms with van der Waals surface area (Å²) in [5, 5.41) is 4.53. The Morgan fingerprint density at radius 1 is 0.931 bits per heavy atom. The molecule has 0 amide bonds. The quantitative estimate of drug-likeness (QED) is 0.409. The molecule has 7 nitrogen and oxygen atoms in total. The second-order valence-corrected chi connectivity index (χ2v) is 10.7. The van der Waals surface area contributed by atoms with E-state index in [9.17, 15) is 8.42 Å². The average molecular weight is 458 g/mol. The zero-order chi connectivity index (χ0) is 19.8. The summed E-state index contributed by atoms with van der Waals surface area (Å²) < 4.78 is 33.7. The molecule has 0 atom stereocenters. The molecule has 0 saturated carbocycles.